The Bertz CT molecular complexity index is 510. The molecule has 1 aliphatic heterocycles. The Morgan fingerprint density at radius 2 is 2.42 bits per heavy atom. The van der Waals surface area contributed by atoms with Crippen molar-refractivity contribution in [3.63, 3.8) is 0 Å². The van der Waals surface area contributed by atoms with Crippen LogP contribution in [0.15, 0.2) is 11.4 Å². The van der Waals surface area contributed by atoms with E-state index in [1.807, 2.05) is 16.3 Å². The molecule has 1 unspecified atom stereocenters. The first-order chi connectivity index (χ1) is 9.13. The molecular formula is C15H20N2OS. The Morgan fingerprint density at radius 3 is 3.05 bits per heavy atom. The smallest absolute Gasteiger partial charge is 0.265 e. The predicted octanol–water partition coefficient (Wildman–Crippen LogP) is 2.18. The number of carbonyl (C=O) groups is 1. The molecule has 19 heavy (non-hydrogen) atoms. The lowest BCUT2D eigenvalue weighted by Gasteiger charge is -2.17. The van der Waals surface area contributed by atoms with Crippen LogP contribution in [0.25, 0.3) is 0 Å². The highest BCUT2D eigenvalue weighted by molar-refractivity contribution is 7.12. The van der Waals surface area contributed by atoms with Crippen molar-refractivity contribution in [3.05, 3.63) is 21.9 Å². The maximum Gasteiger partial charge on any atom is 0.265 e. The molecule has 0 bridgehead atoms. The van der Waals surface area contributed by atoms with Gasteiger partial charge in [-0.05, 0) is 29.7 Å². The number of hydrogen-bond acceptors (Lipinski definition) is 3. The highest BCUT2D eigenvalue weighted by atomic mass is 32.1. The second kappa shape index (κ2) is 6.23. The largest absolute Gasteiger partial charge is 0.338 e. The summed E-state index contributed by atoms with van der Waals surface area (Å²) in [5, 5.41) is 1.92. The van der Waals surface area contributed by atoms with Gasteiger partial charge in [0.1, 0.15) is 4.88 Å². The summed E-state index contributed by atoms with van der Waals surface area (Å²) < 4.78 is 0. The molecule has 102 valence electrons. The summed E-state index contributed by atoms with van der Waals surface area (Å²) in [5.41, 5.74) is 6.19. The maximum atomic E-state index is 12.5. The van der Waals surface area contributed by atoms with Crippen LogP contribution in [0.2, 0.25) is 0 Å². The van der Waals surface area contributed by atoms with E-state index in [0.717, 1.165) is 30.0 Å². The average molecular weight is 276 g/mol. The van der Waals surface area contributed by atoms with Crippen molar-refractivity contribution in [2.45, 2.75) is 20.3 Å². The lowest BCUT2D eigenvalue weighted by Crippen LogP contribution is -2.29. The van der Waals surface area contributed by atoms with Crippen molar-refractivity contribution < 1.29 is 4.79 Å². The van der Waals surface area contributed by atoms with E-state index in [1.165, 1.54) is 11.3 Å². The minimum Gasteiger partial charge on any atom is -0.338 e. The van der Waals surface area contributed by atoms with E-state index >= 15 is 0 Å². The van der Waals surface area contributed by atoms with E-state index < -0.39 is 0 Å². The second-order valence-electron chi connectivity index (χ2n) is 5.21. The molecule has 4 heteroatoms. The summed E-state index contributed by atoms with van der Waals surface area (Å²) in [5.74, 6) is 7.18. The second-order valence-corrected chi connectivity index (χ2v) is 6.13. The summed E-state index contributed by atoms with van der Waals surface area (Å²) in [7, 11) is 0. The molecule has 2 rings (SSSR count). The lowest BCUT2D eigenvalue weighted by molar-refractivity contribution is 0.0788. The molecule has 1 saturated heterocycles. The third-order valence-electron chi connectivity index (χ3n) is 3.64. The number of thiophene rings is 1. The molecule has 1 aromatic heterocycles. The molecule has 0 aliphatic carbocycles. The van der Waals surface area contributed by atoms with Gasteiger partial charge >= 0.3 is 0 Å². The Morgan fingerprint density at radius 1 is 1.63 bits per heavy atom. The number of nitrogens with two attached hydrogens (primary N) is 1. The van der Waals surface area contributed by atoms with Gasteiger partial charge in [-0.2, -0.15) is 0 Å². The van der Waals surface area contributed by atoms with Crippen molar-refractivity contribution >= 4 is 17.2 Å². The Balaban J connectivity index is 2.11. The standard InChI is InChI=1S/C15H20N2OS/c1-11(2)13-5-8-17(10-13)15(18)14-12(4-3-7-16)6-9-19-14/h6,9,11,13H,5,7-8,10,16H2,1-2H3. The van der Waals surface area contributed by atoms with Gasteiger partial charge in [-0.3, -0.25) is 4.79 Å². The van der Waals surface area contributed by atoms with Crippen molar-refractivity contribution in [2.75, 3.05) is 19.6 Å². The van der Waals surface area contributed by atoms with Crippen LogP contribution < -0.4 is 5.73 Å². The van der Waals surface area contributed by atoms with E-state index in [2.05, 4.69) is 25.7 Å². The normalized spacial score (nSPS) is 18.5. The number of rotatable bonds is 2. The van der Waals surface area contributed by atoms with Crippen molar-refractivity contribution in [1.82, 2.24) is 4.90 Å². The summed E-state index contributed by atoms with van der Waals surface area (Å²) in [6.07, 6.45) is 1.11. The number of hydrogen-bond donors (Lipinski definition) is 1. The molecule has 1 fully saturated rings. The molecule has 1 atom stereocenters. The van der Waals surface area contributed by atoms with Crippen LogP contribution in [0.1, 0.15) is 35.5 Å². The molecule has 0 saturated carbocycles. The SMILES string of the molecule is CC(C)C1CCN(C(=O)c2sccc2C#CCN)C1. The van der Waals surface area contributed by atoms with Gasteiger partial charge in [0.05, 0.1) is 6.54 Å². The van der Waals surface area contributed by atoms with Gasteiger partial charge < -0.3 is 10.6 Å². The van der Waals surface area contributed by atoms with E-state index in [0.29, 0.717) is 18.4 Å². The fourth-order valence-electron chi connectivity index (χ4n) is 2.38. The van der Waals surface area contributed by atoms with Gasteiger partial charge in [0.2, 0.25) is 0 Å². The van der Waals surface area contributed by atoms with E-state index in [4.69, 9.17) is 5.73 Å². The first-order valence-corrected chi connectivity index (χ1v) is 7.57. The molecule has 3 nitrogen and oxygen atoms in total. The van der Waals surface area contributed by atoms with E-state index in [-0.39, 0.29) is 5.91 Å². The monoisotopic (exact) mass is 276 g/mol. The Hall–Kier alpha value is -1.31. The minimum atomic E-state index is 0.125. The highest BCUT2D eigenvalue weighted by Gasteiger charge is 2.29. The van der Waals surface area contributed by atoms with E-state index in [9.17, 15) is 4.79 Å². The van der Waals surface area contributed by atoms with Crippen LogP contribution in [0.5, 0.6) is 0 Å². The van der Waals surface area contributed by atoms with Crippen molar-refractivity contribution in [3.8, 4) is 11.8 Å². The minimum absolute atomic E-state index is 0.125. The molecule has 0 radical (unpaired) electrons. The van der Waals surface area contributed by atoms with Crippen molar-refractivity contribution in [1.29, 1.82) is 0 Å². The summed E-state index contributed by atoms with van der Waals surface area (Å²) in [6.45, 7) is 6.51. The zero-order chi connectivity index (χ0) is 13.8. The number of likely N-dealkylation sites (tertiary alicyclic amines) is 1. The van der Waals surface area contributed by atoms with Crippen LogP contribution in [-0.2, 0) is 0 Å². The van der Waals surface area contributed by atoms with Crippen LogP contribution in [-0.4, -0.2) is 30.4 Å². The van der Waals surface area contributed by atoms with E-state index in [1.54, 1.807) is 0 Å². The molecule has 1 aromatic rings. The molecular weight excluding hydrogens is 256 g/mol. The quantitative estimate of drug-likeness (QED) is 0.842. The zero-order valence-corrected chi connectivity index (χ0v) is 12.3. The van der Waals surface area contributed by atoms with Gasteiger partial charge in [-0.1, -0.05) is 25.7 Å². The maximum absolute atomic E-state index is 12.5. The zero-order valence-electron chi connectivity index (χ0n) is 11.5. The predicted molar refractivity (Wildman–Crippen MR) is 79.1 cm³/mol. The number of nitrogens with zero attached hydrogens (tertiary/aromatic N) is 1. The fourth-order valence-corrected chi connectivity index (χ4v) is 3.20. The average Bonchev–Trinajstić information content (AvgIpc) is 3.04. The van der Waals surface area contributed by atoms with Crippen LogP contribution >= 0.6 is 11.3 Å². The fraction of sp³-hybridized carbons (Fsp3) is 0.533. The molecule has 0 spiro atoms. The summed E-state index contributed by atoms with van der Waals surface area (Å²) in [4.78, 5) is 15.2. The first-order valence-electron chi connectivity index (χ1n) is 6.69. The van der Waals surface area contributed by atoms with Gasteiger partial charge in [-0.15, -0.1) is 11.3 Å². The van der Waals surface area contributed by atoms with Crippen LogP contribution in [0.3, 0.4) is 0 Å². The third kappa shape index (κ3) is 3.17. The highest BCUT2D eigenvalue weighted by Crippen LogP contribution is 2.27. The molecule has 2 heterocycles. The lowest BCUT2D eigenvalue weighted by atomic mass is 9.95. The molecule has 1 amide bonds. The first kappa shape index (κ1) is 14.1. The summed E-state index contributed by atoms with van der Waals surface area (Å²) in [6, 6.07) is 1.90. The van der Waals surface area contributed by atoms with Gasteiger partial charge in [0.25, 0.3) is 5.91 Å². The van der Waals surface area contributed by atoms with Crippen LogP contribution in [0.4, 0.5) is 0 Å². The number of amides is 1. The Kier molecular flexibility index (Phi) is 4.62. The Labute approximate surface area is 118 Å². The van der Waals surface area contributed by atoms with Crippen molar-refractivity contribution in [2.24, 2.45) is 17.6 Å². The van der Waals surface area contributed by atoms with Gasteiger partial charge in [0.15, 0.2) is 0 Å². The third-order valence-corrected chi connectivity index (χ3v) is 4.54. The van der Waals surface area contributed by atoms with Gasteiger partial charge in [0, 0.05) is 18.7 Å². The van der Waals surface area contributed by atoms with Gasteiger partial charge in [-0.25, -0.2) is 0 Å². The molecule has 2 N–H and O–H groups in total. The topological polar surface area (TPSA) is 46.3 Å². The molecule has 0 aromatic carbocycles. The number of carbonyl (C=O) groups excluding carboxylic acids is 1. The summed E-state index contributed by atoms with van der Waals surface area (Å²) >= 11 is 1.47. The van der Waals surface area contributed by atoms with Crippen LogP contribution in [0, 0.1) is 23.7 Å². The molecule has 1 aliphatic rings.